The summed E-state index contributed by atoms with van der Waals surface area (Å²) in [5.74, 6) is 1.04. The molecule has 64 heavy (non-hydrogen) atoms. The Morgan fingerprint density at radius 3 is 1.30 bits per heavy atom. The van der Waals surface area contributed by atoms with Crippen LogP contribution in [0.4, 0.5) is 23.0 Å². The van der Waals surface area contributed by atoms with Crippen molar-refractivity contribution in [2.45, 2.75) is 22.6 Å². The van der Waals surface area contributed by atoms with Crippen LogP contribution in [-0.2, 0) is 20.0 Å². The van der Waals surface area contributed by atoms with Crippen molar-refractivity contribution in [1.29, 1.82) is 0 Å². The fourth-order valence-electron chi connectivity index (χ4n) is 6.43. The molecular formula is C44H52N10O6S4. The lowest BCUT2D eigenvalue weighted by atomic mass is 10.2. The number of nitrogens with one attached hydrogen (secondary N) is 2. The molecule has 4 heterocycles. The van der Waals surface area contributed by atoms with Gasteiger partial charge in [-0.05, 0) is 139 Å². The number of hydrogen-bond acceptors (Lipinski definition) is 16. The highest BCUT2D eigenvalue weighted by atomic mass is 33.1. The predicted octanol–water partition coefficient (Wildman–Crippen LogP) is 6.40. The zero-order chi connectivity index (χ0) is 46.0. The minimum absolute atomic E-state index is 0.0168. The number of carbonyl (C=O) groups is 2. The van der Waals surface area contributed by atoms with Crippen LogP contribution in [0.1, 0.15) is 33.8 Å². The van der Waals surface area contributed by atoms with Crippen molar-refractivity contribution in [1.82, 2.24) is 29.7 Å². The van der Waals surface area contributed by atoms with Gasteiger partial charge in [0, 0.05) is 38.0 Å². The number of hydrogen-bond donors (Lipinski definition) is 2. The van der Waals surface area contributed by atoms with Crippen LogP contribution in [0.3, 0.4) is 0 Å². The van der Waals surface area contributed by atoms with Gasteiger partial charge in [0.15, 0.2) is 11.6 Å². The highest BCUT2D eigenvalue weighted by Crippen LogP contribution is 2.27. The van der Waals surface area contributed by atoms with E-state index in [-0.39, 0.29) is 55.6 Å². The van der Waals surface area contributed by atoms with Gasteiger partial charge in [-0.3, -0.25) is 29.0 Å². The van der Waals surface area contributed by atoms with Gasteiger partial charge in [-0.1, -0.05) is 21.6 Å². The number of Topliss-reactive ketones (excluding diaryl/α,β-unsaturated/α-hetero) is 2. The number of fused-ring (bicyclic) bond motifs is 2. The highest BCUT2D eigenvalue weighted by Gasteiger charge is 2.19. The van der Waals surface area contributed by atoms with Crippen LogP contribution in [0.2, 0.25) is 0 Å². The normalized spacial score (nSPS) is 11.9. The molecule has 0 atom stereocenters. The molecule has 0 amide bonds. The van der Waals surface area contributed by atoms with E-state index in [1.54, 1.807) is 24.3 Å². The van der Waals surface area contributed by atoms with Crippen LogP contribution < -0.4 is 19.2 Å². The quantitative estimate of drug-likeness (QED) is 0.0407. The molecule has 2 aromatic carbocycles. The lowest BCUT2D eigenvalue weighted by Crippen LogP contribution is -2.24. The van der Waals surface area contributed by atoms with Crippen molar-refractivity contribution in [3.05, 3.63) is 109 Å². The first-order chi connectivity index (χ1) is 30.5. The van der Waals surface area contributed by atoms with Crippen LogP contribution in [-0.4, -0.2) is 138 Å². The first-order valence-corrected chi connectivity index (χ1v) is 25.7. The molecule has 0 spiro atoms. The molecule has 0 unspecified atom stereocenters. The maximum absolute atomic E-state index is 13.3. The third-order valence-corrected chi connectivity index (χ3v) is 14.9. The summed E-state index contributed by atoms with van der Waals surface area (Å²) in [5, 5.41) is 1.36. The Morgan fingerprint density at radius 1 is 0.531 bits per heavy atom. The third-order valence-electron chi connectivity index (χ3n) is 9.96. The Labute approximate surface area is 382 Å². The Hall–Kier alpha value is -5.38. The van der Waals surface area contributed by atoms with E-state index in [1.807, 2.05) is 66.6 Å². The van der Waals surface area contributed by atoms with Gasteiger partial charge in [-0.15, -0.1) is 0 Å². The standard InChI is InChI=1S/C44H52N10O6S4/c1-51(2)21-7-23-53(5)43-19-9-31-25-35(13-17-37(31)47-43)63(57,58)49-33-11-15-39(45-27-33)41(55)29-61-62-30-42(56)40-16-12-34(28-46-40)50-64(59,60)36-14-18-38-32(26-36)10-20-44(48-38)54(6)24-8-22-52(3)4/h9-20,25-28,49-50H,7-8,21-24,29-30H2,1-6H3. The number of pyridine rings is 4. The molecule has 16 nitrogen and oxygen atoms in total. The summed E-state index contributed by atoms with van der Waals surface area (Å²) >= 11 is 0. The molecular weight excluding hydrogens is 893 g/mol. The number of anilines is 4. The first kappa shape index (κ1) is 48.1. The number of sulfonamides is 2. The van der Waals surface area contributed by atoms with Crippen molar-refractivity contribution in [2.24, 2.45) is 0 Å². The second kappa shape index (κ2) is 21.5. The van der Waals surface area contributed by atoms with Crippen LogP contribution >= 0.6 is 21.6 Å². The van der Waals surface area contributed by atoms with E-state index < -0.39 is 20.0 Å². The topological polar surface area (TPSA) is 191 Å². The maximum atomic E-state index is 13.3. The lowest BCUT2D eigenvalue weighted by molar-refractivity contribution is 0.100. The van der Waals surface area contributed by atoms with E-state index in [4.69, 9.17) is 9.97 Å². The minimum Gasteiger partial charge on any atom is -0.360 e. The van der Waals surface area contributed by atoms with Gasteiger partial charge in [0.1, 0.15) is 23.0 Å². The van der Waals surface area contributed by atoms with Crippen molar-refractivity contribution in [3.63, 3.8) is 0 Å². The van der Waals surface area contributed by atoms with Gasteiger partial charge < -0.3 is 19.6 Å². The number of carbonyl (C=O) groups excluding carboxylic acids is 2. The molecule has 0 aliphatic heterocycles. The van der Waals surface area contributed by atoms with E-state index in [2.05, 4.69) is 39.0 Å². The first-order valence-electron chi connectivity index (χ1n) is 20.3. The minimum atomic E-state index is -3.97. The SMILES string of the molecule is CN(C)CCCN(C)c1ccc2cc(S(=O)(=O)Nc3ccc(C(=O)CSSCC(=O)c4ccc(NS(=O)(=O)c5ccc6nc(N(C)CCCN(C)C)ccc6c5)cn4)nc3)ccc2n1. The van der Waals surface area contributed by atoms with Gasteiger partial charge in [0.25, 0.3) is 20.0 Å². The van der Waals surface area contributed by atoms with Gasteiger partial charge in [0.2, 0.25) is 0 Å². The third kappa shape index (κ3) is 13.1. The van der Waals surface area contributed by atoms with Crippen LogP contribution in [0, 0.1) is 0 Å². The number of aromatic nitrogens is 4. The summed E-state index contributed by atoms with van der Waals surface area (Å²) in [7, 11) is 6.51. The number of rotatable bonds is 23. The van der Waals surface area contributed by atoms with Crippen LogP contribution in [0.25, 0.3) is 21.8 Å². The molecule has 0 aliphatic rings. The summed E-state index contributed by atoms with van der Waals surface area (Å²) in [5.41, 5.74) is 2.03. The maximum Gasteiger partial charge on any atom is 0.261 e. The molecule has 338 valence electrons. The van der Waals surface area contributed by atoms with Gasteiger partial charge >= 0.3 is 0 Å². The van der Waals surface area contributed by atoms with Crippen molar-refractivity contribution in [2.75, 3.05) is 99.2 Å². The molecule has 0 bridgehead atoms. The summed E-state index contributed by atoms with van der Waals surface area (Å²) in [4.78, 5) is 52.0. The number of ketones is 2. The second-order valence-electron chi connectivity index (χ2n) is 15.7. The summed E-state index contributed by atoms with van der Waals surface area (Å²) in [6, 6.07) is 22.8. The molecule has 4 aromatic heterocycles. The Morgan fingerprint density at radius 2 is 0.938 bits per heavy atom. The molecule has 20 heteroatoms. The van der Waals surface area contributed by atoms with Crippen LogP contribution in [0.15, 0.2) is 107 Å². The number of nitrogens with zero attached hydrogens (tertiary/aromatic N) is 8. The average molecular weight is 945 g/mol. The average Bonchev–Trinajstić information content (AvgIpc) is 3.26. The van der Waals surface area contributed by atoms with E-state index in [9.17, 15) is 26.4 Å². The Balaban J connectivity index is 0.945. The van der Waals surface area contributed by atoms with Gasteiger partial charge in [0.05, 0.1) is 56.1 Å². The van der Waals surface area contributed by atoms with Crippen molar-refractivity contribution < 1.29 is 26.4 Å². The summed E-state index contributed by atoms with van der Waals surface area (Å²) in [6.07, 6.45) is 4.53. The summed E-state index contributed by atoms with van der Waals surface area (Å²) in [6.45, 7) is 3.60. The zero-order valence-corrected chi connectivity index (χ0v) is 39.8. The van der Waals surface area contributed by atoms with Crippen molar-refractivity contribution >= 4 is 98.0 Å². The Kier molecular flexibility index (Phi) is 16.2. The largest absolute Gasteiger partial charge is 0.360 e. The van der Waals surface area contributed by atoms with Crippen molar-refractivity contribution in [3.8, 4) is 0 Å². The molecule has 0 saturated heterocycles. The summed E-state index contributed by atoms with van der Waals surface area (Å²) < 4.78 is 58.1. The van der Waals surface area contributed by atoms with Crippen LogP contribution in [0.5, 0.6) is 0 Å². The monoisotopic (exact) mass is 944 g/mol. The Bertz CT molecular complexity index is 2620. The lowest BCUT2D eigenvalue weighted by Gasteiger charge is -2.20. The molecule has 0 fully saturated rings. The van der Waals surface area contributed by atoms with E-state index in [0.717, 1.165) is 50.7 Å². The fourth-order valence-corrected chi connectivity index (χ4v) is 10.4. The predicted molar refractivity (Wildman–Crippen MR) is 260 cm³/mol. The van der Waals surface area contributed by atoms with Gasteiger partial charge in [-0.2, -0.15) is 0 Å². The molecule has 6 rings (SSSR count). The fraction of sp³-hybridized carbons (Fsp3) is 0.318. The second-order valence-corrected chi connectivity index (χ2v) is 21.5. The smallest absolute Gasteiger partial charge is 0.261 e. The zero-order valence-electron chi connectivity index (χ0n) is 36.6. The van der Waals surface area contributed by atoms with Gasteiger partial charge in [-0.25, -0.2) is 26.8 Å². The highest BCUT2D eigenvalue weighted by molar-refractivity contribution is 8.77. The van der Waals surface area contributed by atoms with E-state index >= 15 is 0 Å². The van der Waals surface area contributed by atoms with E-state index in [1.165, 1.54) is 70.4 Å². The molecule has 0 aliphatic carbocycles. The molecule has 0 saturated carbocycles. The number of benzene rings is 2. The van der Waals surface area contributed by atoms with E-state index in [0.29, 0.717) is 21.8 Å². The molecule has 6 aromatic rings. The molecule has 0 radical (unpaired) electrons. The molecule has 2 N–H and O–H groups in total.